The molecule has 0 aliphatic heterocycles. The number of benzene rings is 2. The Bertz CT molecular complexity index is 595. The van der Waals surface area contributed by atoms with Gasteiger partial charge in [0.2, 0.25) is 0 Å². The summed E-state index contributed by atoms with van der Waals surface area (Å²) in [5, 5.41) is 0. The minimum atomic E-state index is 0.400. The van der Waals surface area contributed by atoms with Gasteiger partial charge in [-0.05, 0) is 48.6 Å². The zero-order valence-electron chi connectivity index (χ0n) is 15.6. The van der Waals surface area contributed by atoms with Gasteiger partial charge in [0.25, 0.3) is 0 Å². The van der Waals surface area contributed by atoms with E-state index in [4.69, 9.17) is 9.47 Å². The lowest BCUT2D eigenvalue weighted by atomic mass is 9.68. The lowest BCUT2D eigenvalue weighted by molar-refractivity contribution is -0.122. The average molecular weight is 351 g/mol. The van der Waals surface area contributed by atoms with Gasteiger partial charge < -0.3 is 9.47 Å². The maximum absolute atomic E-state index is 6.39. The number of ether oxygens (including phenoxy) is 2. The minimum Gasteiger partial charge on any atom is -0.373 e. The van der Waals surface area contributed by atoms with Gasteiger partial charge in [0.1, 0.15) is 0 Å². The highest BCUT2D eigenvalue weighted by atomic mass is 16.5. The van der Waals surface area contributed by atoms with Gasteiger partial charge in [-0.2, -0.15) is 0 Å². The van der Waals surface area contributed by atoms with Crippen molar-refractivity contribution in [2.45, 2.75) is 63.9 Å². The highest BCUT2D eigenvalue weighted by Gasteiger charge is 2.41. The van der Waals surface area contributed by atoms with E-state index >= 15 is 0 Å². The van der Waals surface area contributed by atoms with E-state index in [0.29, 0.717) is 24.0 Å². The zero-order valence-corrected chi connectivity index (χ0v) is 15.6. The predicted molar refractivity (Wildman–Crippen MR) is 105 cm³/mol. The average Bonchev–Trinajstić information content (AvgIpc) is 2.72. The maximum atomic E-state index is 6.39. The summed E-state index contributed by atoms with van der Waals surface area (Å²) in [7, 11) is 0. The second-order valence-corrected chi connectivity index (χ2v) is 7.86. The molecular formula is C24H30O2. The van der Waals surface area contributed by atoms with Gasteiger partial charge in [-0.25, -0.2) is 0 Å². The first-order valence-corrected chi connectivity index (χ1v) is 10.2. The Balaban J connectivity index is 1.35. The summed E-state index contributed by atoms with van der Waals surface area (Å²) in [6.07, 6.45) is 8.36. The monoisotopic (exact) mass is 350 g/mol. The SMILES string of the molecule is c1ccc(COC2CCC(OCc3ccccc3)C3CCCCC23)cc1. The van der Waals surface area contributed by atoms with Crippen LogP contribution in [-0.4, -0.2) is 12.2 Å². The first-order chi connectivity index (χ1) is 12.9. The Morgan fingerprint density at radius 1 is 0.577 bits per heavy atom. The van der Waals surface area contributed by atoms with E-state index in [0.717, 1.165) is 26.1 Å². The van der Waals surface area contributed by atoms with Gasteiger partial charge in [0.05, 0.1) is 25.4 Å². The van der Waals surface area contributed by atoms with Crippen molar-refractivity contribution in [1.82, 2.24) is 0 Å². The quantitative estimate of drug-likeness (QED) is 0.659. The van der Waals surface area contributed by atoms with Gasteiger partial charge in [0.15, 0.2) is 0 Å². The number of hydrogen-bond donors (Lipinski definition) is 0. The predicted octanol–water partition coefficient (Wildman–Crippen LogP) is 5.76. The van der Waals surface area contributed by atoms with Crippen molar-refractivity contribution in [1.29, 1.82) is 0 Å². The molecule has 26 heavy (non-hydrogen) atoms. The van der Waals surface area contributed by atoms with E-state index in [1.165, 1.54) is 36.8 Å². The van der Waals surface area contributed by atoms with Crippen molar-refractivity contribution in [2.24, 2.45) is 11.8 Å². The third-order valence-corrected chi connectivity index (χ3v) is 6.18. The van der Waals surface area contributed by atoms with Crippen LogP contribution in [0, 0.1) is 11.8 Å². The second kappa shape index (κ2) is 8.83. The molecule has 2 aliphatic carbocycles. The van der Waals surface area contributed by atoms with Gasteiger partial charge in [-0.3, -0.25) is 0 Å². The summed E-state index contributed by atoms with van der Waals surface area (Å²) < 4.78 is 12.8. The van der Waals surface area contributed by atoms with Gasteiger partial charge in [-0.15, -0.1) is 0 Å². The summed E-state index contributed by atoms with van der Waals surface area (Å²) in [4.78, 5) is 0. The fourth-order valence-electron chi connectivity index (χ4n) is 4.84. The highest BCUT2D eigenvalue weighted by molar-refractivity contribution is 5.14. The molecule has 2 aliphatic rings. The van der Waals surface area contributed by atoms with Crippen molar-refractivity contribution < 1.29 is 9.47 Å². The molecule has 4 rings (SSSR count). The highest BCUT2D eigenvalue weighted by Crippen LogP contribution is 2.43. The standard InChI is InChI=1S/C24H30O2/c1-3-9-19(10-4-1)17-25-23-15-16-24(22-14-8-7-13-21(22)23)26-18-20-11-5-2-6-12-20/h1-6,9-12,21-24H,7-8,13-18H2. The molecule has 2 saturated carbocycles. The largest absolute Gasteiger partial charge is 0.373 e. The molecule has 0 amide bonds. The van der Waals surface area contributed by atoms with Crippen LogP contribution in [0.1, 0.15) is 49.7 Å². The fraction of sp³-hybridized carbons (Fsp3) is 0.500. The molecule has 138 valence electrons. The zero-order chi connectivity index (χ0) is 17.6. The molecule has 0 saturated heterocycles. The van der Waals surface area contributed by atoms with Crippen LogP contribution in [0.15, 0.2) is 60.7 Å². The van der Waals surface area contributed by atoms with Gasteiger partial charge in [-0.1, -0.05) is 73.5 Å². The van der Waals surface area contributed by atoms with Crippen LogP contribution in [0.4, 0.5) is 0 Å². The summed E-state index contributed by atoms with van der Waals surface area (Å²) in [5.74, 6) is 1.34. The third-order valence-electron chi connectivity index (χ3n) is 6.18. The first kappa shape index (κ1) is 17.8. The van der Waals surface area contributed by atoms with Crippen molar-refractivity contribution >= 4 is 0 Å². The molecule has 0 spiro atoms. The van der Waals surface area contributed by atoms with Crippen LogP contribution in [0.25, 0.3) is 0 Å². The van der Waals surface area contributed by atoms with E-state index in [1.807, 2.05) is 0 Å². The van der Waals surface area contributed by atoms with Crippen molar-refractivity contribution in [3.63, 3.8) is 0 Å². The Kier molecular flexibility index (Phi) is 6.03. The molecule has 4 atom stereocenters. The summed E-state index contributed by atoms with van der Waals surface area (Å²) >= 11 is 0. The smallest absolute Gasteiger partial charge is 0.0720 e. The van der Waals surface area contributed by atoms with Crippen LogP contribution in [-0.2, 0) is 22.7 Å². The Hall–Kier alpha value is -1.64. The molecule has 2 heteroatoms. The Morgan fingerprint density at radius 3 is 1.42 bits per heavy atom. The second-order valence-electron chi connectivity index (χ2n) is 7.86. The first-order valence-electron chi connectivity index (χ1n) is 10.2. The summed E-state index contributed by atoms with van der Waals surface area (Å²) in [6, 6.07) is 21.1. The molecular weight excluding hydrogens is 320 g/mol. The number of fused-ring (bicyclic) bond motifs is 1. The van der Waals surface area contributed by atoms with E-state index < -0.39 is 0 Å². The topological polar surface area (TPSA) is 18.5 Å². The molecule has 0 N–H and O–H groups in total. The van der Waals surface area contributed by atoms with E-state index in [2.05, 4.69) is 60.7 Å². The van der Waals surface area contributed by atoms with E-state index in [1.54, 1.807) is 0 Å². The number of hydrogen-bond acceptors (Lipinski definition) is 2. The molecule has 0 bridgehead atoms. The Morgan fingerprint density at radius 2 is 1.00 bits per heavy atom. The van der Waals surface area contributed by atoms with Gasteiger partial charge >= 0.3 is 0 Å². The van der Waals surface area contributed by atoms with Gasteiger partial charge in [0, 0.05) is 0 Å². The van der Waals surface area contributed by atoms with Crippen molar-refractivity contribution in [3.8, 4) is 0 Å². The maximum Gasteiger partial charge on any atom is 0.0720 e. The molecule has 0 aromatic heterocycles. The lowest BCUT2D eigenvalue weighted by Gasteiger charge is -2.45. The molecule has 2 fully saturated rings. The summed E-state index contributed by atoms with van der Waals surface area (Å²) in [6.45, 7) is 1.48. The fourth-order valence-corrected chi connectivity index (χ4v) is 4.84. The van der Waals surface area contributed by atoms with Crippen LogP contribution < -0.4 is 0 Å². The molecule has 0 heterocycles. The van der Waals surface area contributed by atoms with E-state index in [-0.39, 0.29) is 0 Å². The van der Waals surface area contributed by atoms with Crippen LogP contribution in [0.2, 0.25) is 0 Å². The molecule has 2 nitrogen and oxygen atoms in total. The molecule has 0 radical (unpaired) electrons. The minimum absolute atomic E-state index is 0.400. The van der Waals surface area contributed by atoms with Crippen LogP contribution in [0.3, 0.4) is 0 Å². The molecule has 4 unspecified atom stereocenters. The van der Waals surface area contributed by atoms with Crippen molar-refractivity contribution in [3.05, 3.63) is 71.8 Å². The van der Waals surface area contributed by atoms with Crippen LogP contribution in [0.5, 0.6) is 0 Å². The van der Waals surface area contributed by atoms with Crippen molar-refractivity contribution in [2.75, 3.05) is 0 Å². The molecule has 2 aromatic rings. The van der Waals surface area contributed by atoms with Crippen LogP contribution >= 0.6 is 0 Å². The Labute approximate surface area is 157 Å². The number of rotatable bonds is 6. The molecule has 2 aromatic carbocycles. The summed E-state index contributed by atoms with van der Waals surface area (Å²) in [5.41, 5.74) is 2.56. The third kappa shape index (κ3) is 4.36. The normalized spacial score (nSPS) is 28.5. The lowest BCUT2D eigenvalue weighted by Crippen LogP contribution is -2.44. The van der Waals surface area contributed by atoms with E-state index in [9.17, 15) is 0 Å².